The molecule has 0 radical (unpaired) electrons. The van der Waals surface area contributed by atoms with Gasteiger partial charge in [-0.15, -0.1) is 0 Å². The molecule has 0 fully saturated rings. The van der Waals surface area contributed by atoms with Gasteiger partial charge in [0.15, 0.2) is 0 Å². The minimum absolute atomic E-state index is 0.0267. The van der Waals surface area contributed by atoms with Crippen molar-refractivity contribution < 1.29 is 4.79 Å². The maximum Gasteiger partial charge on any atom is 0.237 e. The summed E-state index contributed by atoms with van der Waals surface area (Å²) in [5, 5.41) is 2.76. The lowest BCUT2D eigenvalue weighted by Crippen LogP contribution is -2.19. The van der Waals surface area contributed by atoms with Crippen LogP contribution in [0.5, 0.6) is 0 Å². The van der Waals surface area contributed by atoms with Gasteiger partial charge in [0.1, 0.15) is 0 Å². The van der Waals surface area contributed by atoms with Crippen LogP contribution in [0, 0.1) is 0 Å². The molecule has 1 atom stereocenters. The summed E-state index contributed by atoms with van der Waals surface area (Å²) in [7, 11) is 0. The molecule has 64 valence electrons. The molecule has 1 aromatic carbocycles. The molecule has 0 spiro atoms. The molecule has 1 rings (SSSR count). The molecule has 1 aromatic rings. The van der Waals surface area contributed by atoms with Gasteiger partial charge in [-0.3, -0.25) is 4.79 Å². The van der Waals surface area contributed by atoms with Gasteiger partial charge < -0.3 is 5.32 Å². The van der Waals surface area contributed by atoms with Crippen molar-refractivity contribution in [3.63, 3.8) is 0 Å². The van der Waals surface area contributed by atoms with Gasteiger partial charge in [0.2, 0.25) is 5.91 Å². The van der Waals surface area contributed by atoms with Gasteiger partial charge in [0.25, 0.3) is 0 Å². The molecule has 2 nitrogen and oxygen atoms in total. The van der Waals surface area contributed by atoms with Crippen molar-refractivity contribution in [1.29, 1.82) is 0 Å². The highest BCUT2D eigenvalue weighted by atomic mass is 79.9. The number of halogens is 1. The zero-order valence-corrected chi connectivity index (χ0v) is 8.34. The highest BCUT2D eigenvalue weighted by molar-refractivity contribution is 9.10. The fourth-order valence-corrected chi connectivity index (χ4v) is 0.878. The summed E-state index contributed by atoms with van der Waals surface area (Å²) >= 11 is 3.19. The number of hydrogen-bond donors (Lipinski definition) is 1. The highest BCUT2D eigenvalue weighted by Gasteiger charge is 2.07. The SMILES string of the molecule is CC(Br)C(=O)Nc1ccccc1. The van der Waals surface area contributed by atoms with Gasteiger partial charge in [0.05, 0.1) is 4.83 Å². The van der Waals surface area contributed by atoms with E-state index >= 15 is 0 Å². The van der Waals surface area contributed by atoms with E-state index in [1.165, 1.54) is 0 Å². The third-order valence-corrected chi connectivity index (χ3v) is 1.82. The maximum absolute atomic E-state index is 11.2. The van der Waals surface area contributed by atoms with Crippen molar-refractivity contribution >= 4 is 27.5 Å². The summed E-state index contributed by atoms with van der Waals surface area (Å²) in [5.74, 6) is -0.0267. The molecule has 0 aromatic heterocycles. The van der Waals surface area contributed by atoms with Crippen LogP contribution >= 0.6 is 15.9 Å². The quantitative estimate of drug-likeness (QED) is 0.773. The van der Waals surface area contributed by atoms with E-state index < -0.39 is 0 Å². The Bertz CT molecular complexity index is 258. The molecule has 3 heteroatoms. The highest BCUT2D eigenvalue weighted by Crippen LogP contribution is 2.07. The van der Waals surface area contributed by atoms with Gasteiger partial charge in [0, 0.05) is 5.69 Å². The molecule has 1 N–H and O–H groups in total. The van der Waals surface area contributed by atoms with Crippen LogP contribution in [0.1, 0.15) is 6.92 Å². The third kappa shape index (κ3) is 2.66. The number of nitrogens with one attached hydrogen (secondary N) is 1. The molecule has 0 aliphatic rings. The normalized spacial score (nSPS) is 12.2. The number of amides is 1. The molecular formula is C9H10BrNO. The number of alkyl halides is 1. The minimum atomic E-state index is -0.155. The second kappa shape index (κ2) is 4.26. The van der Waals surface area contributed by atoms with Crippen LogP contribution in [0.3, 0.4) is 0 Å². The van der Waals surface area contributed by atoms with Crippen LogP contribution in [-0.4, -0.2) is 10.7 Å². The summed E-state index contributed by atoms with van der Waals surface area (Å²) in [4.78, 5) is 11.0. The number of benzene rings is 1. The Balaban J connectivity index is 2.59. The first-order chi connectivity index (χ1) is 5.70. The predicted octanol–water partition coefficient (Wildman–Crippen LogP) is 2.41. The van der Waals surface area contributed by atoms with Crippen molar-refractivity contribution in [3.8, 4) is 0 Å². The van der Waals surface area contributed by atoms with E-state index in [0.717, 1.165) is 5.69 Å². The van der Waals surface area contributed by atoms with Crippen molar-refractivity contribution in [2.24, 2.45) is 0 Å². The fraction of sp³-hybridized carbons (Fsp3) is 0.222. The van der Waals surface area contributed by atoms with E-state index in [4.69, 9.17) is 0 Å². The second-order valence-corrected chi connectivity index (χ2v) is 3.84. The summed E-state index contributed by atoms with van der Waals surface area (Å²) in [6.07, 6.45) is 0. The average molecular weight is 228 g/mol. The molecule has 0 heterocycles. The van der Waals surface area contributed by atoms with Crippen molar-refractivity contribution in [2.75, 3.05) is 5.32 Å². The van der Waals surface area contributed by atoms with Crippen molar-refractivity contribution in [3.05, 3.63) is 30.3 Å². The fourth-order valence-electron chi connectivity index (χ4n) is 0.763. The first-order valence-corrected chi connectivity index (χ1v) is 4.61. The molecule has 0 aliphatic carbocycles. The Hall–Kier alpha value is -0.830. The first kappa shape index (κ1) is 9.26. The number of para-hydroxylation sites is 1. The minimum Gasteiger partial charge on any atom is -0.325 e. The number of rotatable bonds is 2. The lowest BCUT2D eigenvalue weighted by Gasteiger charge is -2.05. The Kier molecular flexibility index (Phi) is 3.29. The van der Waals surface area contributed by atoms with E-state index in [1.807, 2.05) is 30.3 Å². The number of carbonyl (C=O) groups excluding carboxylic acids is 1. The van der Waals surface area contributed by atoms with E-state index in [1.54, 1.807) is 6.92 Å². The van der Waals surface area contributed by atoms with E-state index in [0.29, 0.717) is 0 Å². The molecule has 0 aliphatic heterocycles. The summed E-state index contributed by atoms with van der Waals surface area (Å²) in [5.41, 5.74) is 0.828. The molecule has 1 amide bonds. The molecule has 0 bridgehead atoms. The summed E-state index contributed by atoms with van der Waals surface area (Å²) in [6.45, 7) is 1.79. The zero-order chi connectivity index (χ0) is 8.97. The smallest absolute Gasteiger partial charge is 0.237 e. The number of carbonyl (C=O) groups is 1. The lowest BCUT2D eigenvalue weighted by molar-refractivity contribution is -0.115. The summed E-state index contributed by atoms with van der Waals surface area (Å²) in [6, 6.07) is 9.39. The van der Waals surface area contributed by atoms with Gasteiger partial charge in [-0.1, -0.05) is 34.1 Å². The largest absolute Gasteiger partial charge is 0.325 e. The third-order valence-electron chi connectivity index (χ3n) is 1.40. The Morgan fingerprint density at radius 3 is 2.50 bits per heavy atom. The Morgan fingerprint density at radius 1 is 1.42 bits per heavy atom. The van der Waals surface area contributed by atoms with Gasteiger partial charge in [-0.2, -0.15) is 0 Å². The van der Waals surface area contributed by atoms with E-state index in [9.17, 15) is 4.79 Å². The van der Waals surface area contributed by atoms with Gasteiger partial charge in [-0.25, -0.2) is 0 Å². The van der Waals surface area contributed by atoms with Gasteiger partial charge in [-0.05, 0) is 19.1 Å². The standard InChI is InChI=1S/C9H10BrNO/c1-7(10)9(12)11-8-5-3-2-4-6-8/h2-7H,1H3,(H,11,12). The Labute approximate surface area is 80.1 Å². The second-order valence-electron chi connectivity index (χ2n) is 2.47. The number of anilines is 1. The van der Waals surface area contributed by atoms with E-state index in [2.05, 4.69) is 21.2 Å². The van der Waals surface area contributed by atoms with Crippen molar-refractivity contribution in [2.45, 2.75) is 11.8 Å². The van der Waals surface area contributed by atoms with Crippen LogP contribution < -0.4 is 5.32 Å². The predicted molar refractivity (Wildman–Crippen MR) is 53.5 cm³/mol. The lowest BCUT2D eigenvalue weighted by atomic mass is 10.3. The zero-order valence-electron chi connectivity index (χ0n) is 6.75. The van der Waals surface area contributed by atoms with Crippen molar-refractivity contribution in [1.82, 2.24) is 0 Å². The van der Waals surface area contributed by atoms with Gasteiger partial charge >= 0.3 is 0 Å². The van der Waals surface area contributed by atoms with Crippen LogP contribution in [0.25, 0.3) is 0 Å². The van der Waals surface area contributed by atoms with Crippen LogP contribution in [-0.2, 0) is 4.79 Å². The van der Waals surface area contributed by atoms with E-state index in [-0.39, 0.29) is 10.7 Å². The average Bonchev–Trinajstić information content (AvgIpc) is 2.06. The Morgan fingerprint density at radius 2 is 2.00 bits per heavy atom. The molecule has 0 saturated carbocycles. The topological polar surface area (TPSA) is 29.1 Å². The molecule has 0 saturated heterocycles. The monoisotopic (exact) mass is 227 g/mol. The maximum atomic E-state index is 11.2. The first-order valence-electron chi connectivity index (χ1n) is 3.70. The summed E-state index contributed by atoms with van der Waals surface area (Å²) < 4.78 is 0. The molecule has 1 unspecified atom stereocenters. The molecular weight excluding hydrogens is 218 g/mol. The van der Waals surface area contributed by atoms with Crippen LogP contribution in [0.4, 0.5) is 5.69 Å². The van der Waals surface area contributed by atoms with Crippen LogP contribution in [0.2, 0.25) is 0 Å². The van der Waals surface area contributed by atoms with Crippen LogP contribution in [0.15, 0.2) is 30.3 Å². The molecule has 12 heavy (non-hydrogen) atoms. The number of hydrogen-bond acceptors (Lipinski definition) is 1.